The largest absolute Gasteiger partial charge is 0.508 e. The number of phenols is 1. The SMILES string of the molecule is Cc1[nH]c2ccc(CNC(=O)[C@@H]3CC(=O)N(c4cccc(O)c4)C3)cc2c1C. The van der Waals surface area contributed by atoms with Crippen LogP contribution in [-0.4, -0.2) is 28.4 Å². The molecule has 1 aromatic heterocycles. The fourth-order valence-corrected chi connectivity index (χ4v) is 3.75. The molecule has 2 amide bonds. The fourth-order valence-electron chi connectivity index (χ4n) is 3.75. The number of aromatic nitrogens is 1. The molecule has 1 aliphatic rings. The minimum Gasteiger partial charge on any atom is -0.508 e. The third-order valence-electron chi connectivity index (χ3n) is 5.48. The standard InChI is InChI=1S/C22H23N3O3/c1-13-14(2)24-20-7-6-15(8-19(13)20)11-23-22(28)16-9-21(27)25(12-16)17-4-3-5-18(26)10-17/h3-8,10,16,24,26H,9,11-12H2,1-2H3,(H,23,28)/t16-/m1/s1. The summed E-state index contributed by atoms with van der Waals surface area (Å²) in [6, 6.07) is 12.7. The molecule has 1 atom stereocenters. The monoisotopic (exact) mass is 377 g/mol. The number of anilines is 1. The first-order valence-corrected chi connectivity index (χ1v) is 9.37. The van der Waals surface area contributed by atoms with Gasteiger partial charge in [-0.1, -0.05) is 12.1 Å². The number of nitrogens with one attached hydrogen (secondary N) is 2. The van der Waals surface area contributed by atoms with Crippen LogP contribution in [0.4, 0.5) is 5.69 Å². The number of rotatable bonds is 4. The van der Waals surface area contributed by atoms with E-state index in [1.165, 1.54) is 11.6 Å². The minimum atomic E-state index is -0.394. The number of aryl methyl sites for hydroxylation is 2. The molecule has 4 rings (SSSR count). The Kier molecular flexibility index (Phi) is 4.55. The van der Waals surface area contributed by atoms with Crippen LogP contribution in [0.25, 0.3) is 10.9 Å². The zero-order chi connectivity index (χ0) is 19.8. The maximum absolute atomic E-state index is 12.6. The van der Waals surface area contributed by atoms with Crippen molar-refractivity contribution in [2.24, 2.45) is 5.92 Å². The molecule has 6 nitrogen and oxygen atoms in total. The molecule has 3 aromatic rings. The van der Waals surface area contributed by atoms with E-state index in [9.17, 15) is 14.7 Å². The van der Waals surface area contributed by atoms with Crippen molar-refractivity contribution in [2.75, 3.05) is 11.4 Å². The van der Waals surface area contributed by atoms with E-state index in [0.717, 1.165) is 22.2 Å². The number of H-pyrrole nitrogens is 1. The molecular formula is C22H23N3O3. The van der Waals surface area contributed by atoms with Crippen molar-refractivity contribution in [2.45, 2.75) is 26.8 Å². The number of hydrogen-bond donors (Lipinski definition) is 3. The van der Waals surface area contributed by atoms with Gasteiger partial charge in [-0.25, -0.2) is 0 Å². The molecule has 0 bridgehead atoms. The van der Waals surface area contributed by atoms with Gasteiger partial charge in [0.1, 0.15) is 5.75 Å². The van der Waals surface area contributed by atoms with Crippen LogP contribution < -0.4 is 10.2 Å². The van der Waals surface area contributed by atoms with E-state index in [0.29, 0.717) is 18.8 Å². The summed E-state index contributed by atoms with van der Waals surface area (Å²) in [5.41, 5.74) is 5.09. The van der Waals surface area contributed by atoms with E-state index in [1.807, 2.05) is 19.1 Å². The lowest BCUT2D eigenvalue weighted by Gasteiger charge is -2.17. The van der Waals surface area contributed by atoms with Crippen LogP contribution in [0, 0.1) is 19.8 Å². The van der Waals surface area contributed by atoms with Crippen molar-refractivity contribution >= 4 is 28.4 Å². The van der Waals surface area contributed by atoms with Gasteiger partial charge in [0, 0.05) is 47.9 Å². The number of benzene rings is 2. The highest BCUT2D eigenvalue weighted by molar-refractivity contribution is 6.00. The first kappa shape index (κ1) is 18.1. The van der Waals surface area contributed by atoms with Gasteiger partial charge in [-0.15, -0.1) is 0 Å². The second kappa shape index (κ2) is 7.03. The fraction of sp³-hybridized carbons (Fsp3) is 0.273. The highest BCUT2D eigenvalue weighted by Crippen LogP contribution is 2.28. The third-order valence-corrected chi connectivity index (χ3v) is 5.48. The number of aromatic hydroxyl groups is 1. The summed E-state index contributed by atoms with van der Waals surface area (Å²) in [6.45, 7) is 4.88. The molecule has 6 heteroatoms. The van der Waals surface area contributed by atoms with E-state index in [1.54, 1.807) is 23.1 Å². The van der Waals surface area contributed by atoms with Crippen LogP contribution >= 0.6 is 0 Å². The third kappa shape index (κ3) is 3.33. The summed E-state index contributed by atoms with van der Waals surface area (Å²) in [5.74, 6) is -0.526. The van der Waals surface area contributed by atoms with E-state index >= 15 is 0 Å². The van der Waals surface area contributed by atoms with Crippen molar-refractivity contribution in [3.05, 3.63) is 59.3 Å². The number of amides is 2. The summed E-state index contributed by atoms with van der Waals surface area (Å²) >= 11 is 0. The molecule has 2 aromatic carbocycles. The van der Waals surface area contributed by atoms with Gasteiger partial charge in [0.15, 0.2) is 0 Å². The Morgan fingerprint density at radius 1 is 1.25 bits per heavy atom. The van der Waals surface area contributed by atoms with Gasteiger partial charge < -0.3 is 20.3 Å². The van der Waals surface area contributed by atoms with E-state index < -0.39 is 5.92 Å². The van der Waals surface area contributed by atoms with E-state index in [4.69, 9.17) is 0 Å². The maximum Gasteiger partial charge on any atom is 0.227 e. The smallest absolute Gasteiger partial charge is 0.227 e. The van der Waals surface area contributed by atoms with Crippen molar-refractivity contribution in [1.29, 1.82) is 0 Å². The topological polar surface area (TPSA) is 85.4 Å². The first-order valence-electron chi connectivity index (χ1n) is 9.37. The molecule has 1 saturated heterocycles. The van der Waals surface area contributed by atoms with Gasteiger partial charge in [0.25, 0.3) is 0 Å². The lowest BCUT2D eigenvalue weighted by molar-refractivity contribution is -0.126. The highest BCUT2D eigenvalue weighted by Gasteiger charge is 2.35. The normalized spacial score (nSPS) is 16.7. The highest BCUT2D eigenvalue weighted by atomic mass is 16.3. The number of nitrogens with zero attached hydrogens (tertiary/aromatic N) is 1. The molecule has 1 fully saturated rings. The molecule has 0 aliphatic carbocycles. The maximum atomic E-state index is 12.6. The molecule has 2 heterocycles. The summed E-state index contributed by atoms with van der Waals surface area (Å²) in [7, 11) is 0. The molecule has 1 aliphatic heterocycles. The van der Waals surface area contributed by atoms with Crippen LogP contribution in [0.15, 0.2) is 42.5 Å². The van der Waals surface area contributed by atoms with Crippen molar-refractivity contribution in [3.8, 4) is 5.75 Å². The molecule has 0 saturated carbocycles. The summed E-state index contributed by atoms with van der Waals surface area (Å²) in [4.78, 5) is 29.8. The van der Waals surface area contributed by atoms with Crippen LogP contribution in [0.3, 0.4) is 0 Å². The van der Waals surface area contributed by atoms with E-state index in [-0.39, 0.29) is 24.0 Å². The Bertz CT molecular complexity index is 1070. The molecule has 3 N–H and O–H groups in total. The van der Waals surface area contributed by atoms with Crippen LogP contribution in [0.5, 0.6) is 5.75 Å². The van der Waals surface area contributed by atoms with Crippen molar-refractivity contribution in [1.82, 2.24) is 10.3 Å². The minimum absolute atomic E-state index is 0.101. The average molecular weight is 377 g/mol. The van der Waals surface area contributed by atoms with Gasteiger partial charge in [-0.3, -0.25) is 9.59 Å². The zero-order valence-corrected chi connectivity index (χ0v) is 16.0. The number of carbonyl (C=O) groups is 2. The zero-order valence-electron chi connectivity index (χ0n) is 16.0. The Morgan fingerprint density at radius 2 is 2.07 bits per heavy atom. The quantitative estimate of drug-likeness (QED) is 0.653. The van der Waals surface area contributed by atoms with Crippen LogP contribution in [-0.2, 0) is 16.1 Å². The Labute approximate surface area is 163 Å². The summed E-state index contributed by atoms with van der Waals surface area (Å²) in [6.07, 6.45) is 0.177. The molecule has 28 heavy (non-hydrogen) atoms. The number of carbonyl (C=O) groups excluding carboxylic acids is 2. The second-order valence-electron chi connectivity index (χ2n) is 7.40. The summed E-state index contributed by atoms with van der Waals surface area (Å²) < 4.78 is 0. The molecule has 0 unspecified atom stereocenters. The van der Waals surface area contributed by atoms with Crippen molar-refractivity contribution in [3.63, 3.8) is 0 Å². The number of phenolic OH excluding ortho intramolecular Hbond substituents is 1. The lowest BCUT2D eigenvalue weighted by atomic mass is 10.1. The van der Waals surface area contributed by atoms with Crippen LogP contribution in [0.1, 0.15) is 23.2 Å². The number of hydrogen-bond acceptors (Lipinski definition) is 3. The molecule has 0 spiro atoms. The van der Waals surface area contributed by atoms with Gasteiger partial charge in [0.2, 0.25) is 11.8 Å². The van der Waals surface area contributed by atoms with Gasteiger partial charge in [-0.05, 0) is 49.2 Å². The average Bonchev–Trinajstić information content (AvgIpc) is 3.20. The van der Waals surface area contributed by atoms with Crippen molar-refractivity contribution < 1.29 is 14.7 Å². The Morgan fingerprint density at radius 3 is 2.86 bits per heavy atom. The van der Waals surface area contributed by atoms with Gasteiger partial charge in [-0.2, -0.15) is 0 Å². The van der Waals surface area contributed by atoms with Gasteiger partial charge in [0.05, 0.1) is 5.92 Å². The van der Waals surface area contributed by atoms with E-state index in [2.05, 4.69) is 23.3 Å². The Hall–Kier alpha value is -3.28. The molecule has 0 radical (unpaired) electrons. The van der Waals surface area contributed by atoms with Gasteiger partial charge >= 0.3 is 0 Å². The number of aromatic amines is 1. The summed E-state index contributed by atoms with van der Waals surface area (Å²) in [5, 5.41) is 13.7. The lowest BCUT2D eigenvalue weighted by Crippen LogP contribution is -2.32. The van der Waals surface area contributed by atoms with Crippen LogP contribution in [0.2, 0.25) is 0 Å². The predicted molar refractivity (Wildman–Crippen MR) is 108 cm³/mol. The Balaban J connectivity index is 1.42. The second-order valence-corrected chi connectivity index (χ2v) is 7.40. The molecule has 144 valence electrons. The number of fused-ring (bicyclic) bond motifs is 1. The molecular weight excluding hydrogens is 354 g/mol. The predicted octanol–water partition coefficient (Wildman–Crippen LogP) is 3.16. The first-order chi connectivity index (χ1) is 13.4.